The van der Waals surface area contributed by atoms with E-state index in [1.54, 1.807) is 26.8 Å². The molecule has 0 radical (unpaired) electrons. The van der Waals surface area contributed by atoms with Gasteiger partial charge in [0.15, 0.2) is 6.61 Å². The molecule has 1 aromatic rings. The number of esters is 1. The number of nitrogens with zero attached hydrogens (tertiary/aromatic N) is 1. The fraction of sp³-hybridized carbons (Fsp3) is 0.353. The highest BCUT2D eigenvalue weighted by Gasteiger charge is 2.30. The quantitative estimate of drug-likeness (QED) is 0.645. The van der Waals surface area contributed by atoms with E-state index in [1.165, 1.54) is 24.3 Å². The van der Waals surface area contributed by atoms with Crippen molar-refractivity contribution < 1.29 is 18.7 Å². The predicted molar refractivity (Wildman–Crippen MR) is 83.4 cm³/mol. The minimum absolute atomic E-state index is 0.104. The molecule has 1 atom stereocenters. The summed E-state index contributed by atoms with van der Waals surface area (Å²) in [4.78, 5) is 23.3. The fourth-order valence-corrected chi connectivity index (χ4v) is 1.58. The number of ether oxygens (including phenoxy) is 1. The Bertz CT molecular complexity index is 649. The fourth-order valence-electron chi connectivity index (χ4n) is 1.58. The second-order valence-corrected chi connectivity index (χ2v) is 5.48. The van der Waals surface area contributed by atoms with Gasteiger partial charge < -0.3 is 10.1 Å². The first-order valence-electron chi connectivity index (χ1n) is 7.10. The molecule has 6 heteroatoms. The normalized spacial score (nSPS) is 13.4. The van der Waals surface area contributed by atoms with Crippen LogP contribution in [0.4, 0.5) is 4.39 Å². The van der Waals surface area contributed by atoms with Gasteiger partial charge in [0.1, 0.15) is 11.4 Å². The maximum atomic E-state index is 13.4. The van der Waals surface area contributed by atoms with Gasteiger partial charge in [-0.2, -0.15) is 5.26 Å². The highest BCUT2D eigenvalue weighted by molar-refractivity contribution is 5.89. The van der Waals surface area contributed by atoms with Gasteiger partial charge in [-0.05, 0) is 25.0 Å². The molecule has 0 saturated carbocycles. The highest BCUT2D eigenvalue weighted by atomic mass is 19.1. The molecule has 0 aromatic heterocycles. The standard InChI is InChI=1S/C17H19FN2O3/c1-12(2)17(3,11-19)20-15(21)10-23-16(22)9-8-13-6-4-5-7-14(13)18/h4-9,12H,10H2,1-3H3,(H,20,21)/b9-8+/t17-/m1/s1. The van der Waals surface area contributed by atoms with E-state index in [0.717, 1.165) is 6.08 Å². The van der Waals surface area contributed by atoms with E-state index in [-0.39, 0.29) is 11.5 Å². The molecule has 0 fully saturated rings. The van der Waals surface area contributed by atoms with Crippen LogP contribution < -0.4 is 5.32 Å². The van der Waals surface area contributed by atoms with Crippen LogP contribution in [0.25, 0.3) is 6.08 Å². The lowest BCUT2D eigenvalue weighted by Crippen LogP contribution is -2.50. The number of benzene rings is 1. The first-order chi connectivity index (χ1) is 10.8. The van der Waals surface area contributed by atoms with E-state index in [4.69, 9.17) is 10.00 Å². The average Bonchev–Trinajstić information content (AvgIpc) is 2.51. The van der Waals surface area contributed by atoms with Crippen LogP contribution in [0.15, 0.2) is 30.3 Å². The Morgan fingerprint density at radius 3 is 2.65 bits per heavy atom. The molecule has 1 N–H and O–H groups in total. The van der Waals surface area contributed by atoms with Gasteiger partial charge in [-0.3, -0.25) is 4.79 Å². The molecule has 0 spiro atoms. The molecule has 1 rings (SSSR count). The number of carbonyl (C=O) groups excluding carboxylic acids is 2. The topological polar surface area (TPSA) is 79.2 Å². The molecule has 0 bridgehead atoms. The van der Waals surface area contributed by atoms with Gasteiger partial charge in [-0.1, -0.05) is 32.0 Å². The monoisotopic (exact) mass is 318 g/mol. The highest BCUT2D eigenvalue weighted by Crippen LogP contribution is 2.14. The summed E-state index contributed by atoms with van der Waals surface area (Å²) in [5.41, 5.74) is -0.794. The molecule has 122 valence electrons. The number of rotatable bonds is 6. The Kier molecular flexibility index (Phi) is 6.46. The second-order valence-electron chi connectivity index (χ2n) is 5.48. The van der Waals surface area contributed by atoms with Crippen LogP contribution in [-0.4, -0.2) is 24.0 Å². The van der Waals surface area contributed by atoms with Crippen LogP contribution in [-0.2, 0) is 14.3 Å². The molecule has 5 nitrogen and oxygen atoms in total. The number of hydrogen-bond acceptors (Lipinski definition) is 4. The lowest BCUT2D eigenvalue weighted by Gasteiger charge is -2.27. The number of hydrogen-bond donors (Lipinski definition) is 1. The first-order valence-corrected chi connectivity index (χ1v) is 7.10. The van der Waals surface area contributed by atoms with Crippen molar-refractivity contribution in [1.82, 2.24) is 5.32 Å². The number of halogens is 1. The zero-order valence-corrected chi connectivity index (χ0v) is 13.3. The molecule has 0 unspecified atom stereocenters. The van der Waals surface area contributed by atoms with Gasteiger partial charge in [0, 0.05) is 11.6 Å². The number of nitrogens with one attached hydrogen (secondary N) is 1. The van der Waals surface area contributed by atoms with Gasteiger partial charge in [-0.25, -0.2) is 9.18 Å². The van der Waals surface area contributed by atoms with E-state index in [2.05, 4.69) is 5.32 Å². The summed E-state index contributed by atoms with van der Waals surface area (Å²) in [5.74, 6) is -1.91. The maximum Gasteiger partial charge on any atom is 0.331 e. The van der Waals surface area contributed by atoms with Crippen LogP contribution in [0, 0.1) is 23.1 Å². The molecule has 23 heavy (non-hydrogen) atoms. The number of carbonyl (C=O) groups is 2. The van der Waals surface area contributed by atoms with Crippen molar-refractivity contribution >= 4 is 18.0 Å². The Morgan fingerprint density at radius 1 is 1.43 bits per heavy atom. The van der Waals surface area contributed by atoms with Crippen LogP contribution in [0.1, 0.15) is 26.3 Å². The van der Waals surface area contributed by atoms with Crippen LogP contribution in [0.2, 0.25) is 0 Å². The summed E-state index contributed by atoms with van der Waals surface area (Å²) < 4.78 is 18.1. The van der Waals surface area contributed by atoms with Crippen molar-refractivity contribution in [3.05, 3.63) is 41.7 Å². The van der Waals surface area contributed by atoms with Gasteiger partial charge in [0.05, 0.1) is 6.07 Å². The first kappa shape index (κ1) is 18.4. The van der Waals surface area contributed by atoms with Crippen molar-refractivity contribution in [3.8, 4) is 6.07 Å². The van der Waals surface area contributed by atoms with Crippen molar-refractivity contribution in [2.24, 2.45) is 5.92 Å². The van der Waals surface area contributed by atoms with E-state index in [9.17, 15) is 14.0 Å². The molecule has 0 heterocycles. The maximum absolute atomic E-state index is 13.4. The molecular weight excluding hydrogens is 299 g/mol. The van der Waals surface area contributed by atoms with Crippen LogP contribution >= 0.6 is 0 Å². The SMILES string of the molecule is CC(C)[C@@](C)(C#N)NC(=O)COC(=O)/C=C/c1ccccc1F. The molecule has 1 amide bonds. The molecular formula is C17H19FN2O3. The minimum Gasteiger partial charge on any atom is -0.452 e. The summed E-state index contributed by atoms with van der Waals surface area (Å²) in [6.07, 6.45) is 2.31. The summed E-state index contributed by atoms with van der Waals surface area (Å²) in [5, 5.41) is 11.6. The molecule has 1 aromatic carbocycles. The Morgan fingerprint density at radius 2 is 2.09 bits per heavy atom. The van der Waals surface area contributed by atoms with Gasteiger partial charge in [0.2, 0.25) is 0 Å². The lowest BCUT2D eigenvalue weighted by atomic mass is 9.90. The summed E-state index contributed by atoms with van der Waals surface area (Å²) in [6.45, 7) is 4.68. The van der Waals surface area contributed by atoms with Crippen molar-refractivity contribution in [2.75, 3.05) is 6.61 Å². The molecule has 0 aliphatic rings. The molecule has 0 aliphatic carbocycles. The summed E-state index contributed by atoms with van der Waals surface area (Å²) in [7, 11) is 0. The minimum atomic E-state index is -1.04. The van der Waals surface area contributed by atoms with Crippen molar-refractivity contribution in [3.63, 3.8) is 0 Å². The van der Waals surface area contributed by atoms with E-state index >= 15 is 0 Å². The van der Waals surface area contributed by atoms with Crippen molar-refractivity contribution in [1.29, 1.82) is 5.26 Å². The number of amides is 1. The second kappa shape index (κ2) is 8.08. The lowest BCUT2D eigenvalue weighted by molar-refractivity contribution is -0.144. The van der Waals surface area contributed by atoms with E-state index < -0.39 is 29.8 Å². The molecule has 0 aliphatic heterocycles. The van der Waals surface area contributed by atoms with E-state index in [1.807, 2.05) is 6.07 Å². The average molecular weight is 318 g/mol. The Balaban J connectivity index is 2.52. The Labute approximate surface area is 134 Å². The third-order valence-electron chi connectivity index (χ3n) is 3.44. The summed E-state index contributed by atoms with van der Waals surface area (Å²) in [6, 6.07) is 7.97. The molecule has 0 saturated heterocycles. The zero-order valence-electron chi connectivity index (χ0n) is 13.3. The van der Waals surface area contributed by atoms with Gasteiger partial charge in [0.25, 0.3) is 5.91 Å². The third-order valence-corrected chi connectivity index (χ3v) is 3.44. The smallest absolute Gasteiger partial charge is 0.331 e. The van der Waals surface area contributed by atoms with E-state index in [0.29, 0.717) is 0 Å². The number of nitriles is 1. The van der Waals surface area contributed by atoms with Crippen LogP contribution in [0.5, 0.6) is 0 Å². The Hall–Kier alpha value is -2.68. The van der Waals surface area contributed by atoms with Gasteiger partial charge >= 0.3 is 5.97 Å². The third kappa shape index (κ3) is 5.55. The van der Waals surface area contributed by atoms with Gasteiger partial charge in [-0.15, -0.1) is 0 Å². The zero-order chi connectivity index (χ0) is 17.5. The predicted octanol–water partition coefficient (Wildman–Crippen LogP) is 2.44. The van der Waals surface area contributed by atoms with Crippen LogP contribution in [0.3, 0.4) is 0 Å². The largest absolute Gasteiger partial charge is 0.452 e. The van der Waals surface area contributed by atoms with Crippen molar-refractivity contribution in [2.45, 2.75) is 26.3 Å². The summed E-state index contributed by atoms with van der Waals surface area (Å²) >= 11 is 0.